The maximum atomic E-state index is 11.9. The van der Waals surface area contributed by atoms with Crippen LogP contribution in [0.3, 0.4) is 0 Å². The lowest BCUT2D eigenvalue weighted by Crippen LogP contribution is -2.44. The van der Waals surface area contributed by atoms with Crippen molar-refractivity contribution in [1.82, 2.24) is 5.32 Å². The summed E-state index contributed by atoms with van der Waals surface area (Å²) in [7, 11) is 0. The molecule has 23 heavy (non-hydrogen) atoms. The molecule has 0 aliphatic heterocycles. The molecule has 2 atom stereocenters. The fourth-order valence-electron chi connectivity index (χ4n) is 2.32. The number of fused-ring (bicyclic) bond motifs is 1. The van der Waals surface area contributed by atoms with Crippen molar-refractivity contribution >= 4 is 22.6 Å². The highest BCUT2D eigenvalue weighted by Crippen LogP contribution is 2.16. The molecule has 2 rings (SSSR count). The Balaban J connectivity index is 1.88. The van der Waals surface area contributed by atoms with Crippen molar-refractivity contribution in [3.8, 4) is 0 Å². The molecule has 0 unspecified atom stereocenters. The zero-order chi connectivity index (χ0) is 16.8. The van der Waals surface area contributed by atoms with Gasteiger partial charge in [-0.15, -0.1) is 0 Å². The molecule has 0 radical (unpaired) electrons. The Morgan fingerprint density at radius 1 is 1.04 bits per heavy atom. The number of benzene rings is 2. The third kappa shape index (κ3) is 4.77. The highest BCUT2D eigenvalue weighted by molar-refractivity contribution is 5.84. The third-order valence-electron chi connectivity index (χ3n) is 3.68. The Labute approximate surface area is 134 Å². The summed E-state index contributed by atoms with van der Waals surface area (Å²) in [6.07, 6.45) is 0.589. The molecule has 0 saturated heterocycles. The van der Waals surface area contributed by atoms with Gasteiger partial charge < -0.3 is 21.9 Å². The molecule has 0 heterocycles. The van der Waals surface area contributed by atoms with Crippen molar-refractivity contribution in [2.24, 2.45) is 11.5 Å². The smallest absolute Gasteiger partial charge is 0.320 e. The Morgan fingerprint density at radius 2 is 1.74 bits per heavy atom. The van der Waals surface area contributed by atoms with Gasteiger partial charge in [0.2, 0.25) is 5.91 Å². The van der Waals surface area contributed by atoms with Gasteiger partial charge in [-0.25, -0.2) is 0 Å². The molecule has 0 fully saturated rings. The summed E-state index contributed by atoms with van der Waals surface area (Å²) in [6, 6.07) is 12.3. The minimum absolute atomic E-state index is 0.170. The second kappa shape index (κ2) is 7.71. The maximum absolute atomic E-state index is 11.9. The van der Waals surface area contributed by atoms with Crippen molar-refractivity contribution in [2.45, 2.75) is 24.9 Å². The van der Waals surface area contributed by atoms with Gasteiger partial charge in [-0.2, -0.15) is 0 Å². The van der Waals surface area contributed by atoms with Crippen molar-refractivity contribution in [2.75, 3.05) is 6.54 Å². The Bertz CT molecular complexity index is 702. The molecule has 0 aliphatic carbocycles. The van der Waals surface area contributed by atoms with E-state index in [0.717, 1.165) is 16.3 Å². The zero-order valence-corrected chi connectivity index (χ0v) is 12.7. The first kappa shape index (κ1) is 16.9. The number of nitrogens with one attached hydrogen (secondary N) is 1. The normalized spacial score (nSPS) is 13.5. The standard InChI is InChI=1S/C17H21N3O3/c18-14(17(22)23)7-8-20-16(21)15(19)10-11-5-6-12-3-1-2-4-13(12)9-11/h1-6,9,14-15H,7-8,10,18-19H2,(H,20,21)(H,22,23)/t14-,15-/m0/s1. The molecule has 0 bridgehead atoms. The van der Waals surface area contributed by atoms with Gasteiger partial charge in [0.05, 0.1) is 6.04 Å². The zero-order valence-electron chi connectivity index (χ0n) is 12.7. The van der Waals surface area contributed by atoms with Crippen LogP contribution in [0, 0.1) is 0 Å². The van der Waals surface area contributed by atoms with Crippen LogP contribution < -0.4 is 16.8 Å². The number of carbonyl (C=O) groups is 2. The van der Waals surface area contributed by atoms with Crippen LogP contribution in [0.4, 0.5) is 0 Å². The number of hydrogen-bond donors (Lipinski definition) is 4. The lowest BCUT2D eigenvalue weighted by molar-refractivity contribution is -0.138. The number of nitrogens with two attached hydrogens (primary N) is 2. The van der Waals surface area contributed by atoms with Crippen LogP contribution in [0.1, 0.15) is 12.0 Å². The van der Waals surface area contributed by atoms with Gasteiger partial charge in [-0.05, 0) is 29.2 Å². The van der Waals surface area contributed by atoms with E-state index in [1.807, 2.05) is 42.5 Å². The quantitative estimate of drug-likeness (QED) is 0.597. The van der Waals surface area contributed by atoms with Crippen LogP contribution in [-0.2, 0) is 16.0 Å². The first-order valence-electron chi connectivity index (χ1n) is 7.46. The van der Waals surface area contributed by atoms with Gasteiger partial charge in [0.15, 0.2) is 0 Å². The van der Waals surface area contributed by atoms with Gasteiger partial charge in [0.25, 0.3) is 0 Å². The third-order valence-corrected chi connectivity index (χ3v) is 3.68. The lowest BCUT2D eigenvalue weighted by Gasteiger charge is -2.13. The predicted octanol–water partition coefficient (Wildman–Crippen LogP) is 0.628. The molecule has 1 amide bonds. The molecule has 0 aromatic heterocycles. The summed E-state index contributed by atoms with van der Waals surface area (Å²) < 4.78 is 0. The van der Waals surface area contributed by atoms with Gasteiger partial charge in [0.1, 0.15) is 6.04 Å². The second-order valence-corrected chi connectivity index (χ2v) is 5.52. The van der Waals surface area contributed by atoms with E-state index >= 15 is 0 Å². The van der Waals surface area contributed by atoms with E-state index in [-0.39, 0.29) is 18.9 Å². The van der Waals surface area contributed by atoms with E-state index in [4.69, 9.17) is 16.6 Å². The number of amides is 1. The van der Waals surface area contributed by atoms with Crippen LogP contribution in [-0.4, -0.2) is 35.6 Å². The van der Waals surface area contributed by atoms with Crippen LogP contribution in [0.15, 0.2) is 42.5 Å². The number of rotatable bonds is 7. The van der Waals surface area contributed by atoms with Crippen molar-refractivity contribution in [3.05, 3.63) is 48.0 Å². The van der Waals surface area contributed by atoms with Crippen LogP contribution >= 0.6 is 0 Å². The predicted molar refractivity (Wildman–Crippen MR) is 88.9 cm³/mol. The Kier molecular flexibility index (Phi) is 5.67. The number of hydrogen-bond acceptors (Lipinski definition) is 4. The Hall–Kier alpha value is -2.44. The van der Waals surface area contributed by atoms with Crippen molar-refractivity contribution < 1.29 is 14.7 Å². The van der Waals surface area contributed by atoms with Gasteiger partial charge in [0, 0.05) is 6.54 Å². The van der Waals surface area contributed by atoms with Crippen LogP contribution in [0.25, 0.3) is 10.8 Å². The minimum Gasteiger partial charge on any atom is -0.480 e. The molecule has 2 aromatic carbocycles. The van der Waals surface area contributed by atoms with Gasteiger partial charge in [-0.1, -0.05) is 42.5 Å². The van der Waals surface area contributed by atoms with E-state index in [9.17, 15) is 9.59 Å². The topological polar surface area (TPSA) is 118 Å². The monoisotopic (exact) mass is 315 g/mol. The first-order chi connectivity index (χ1) is 11.0. The Morgan fingerprint density at radius 3 is 2.43 bits per heavy atom. The van der Waals surface area contributed by atoms with E-state index in [1.165, 1.54) is 0 Å². The van der Waals surface area contributed by atoms with Crippen LogP contribution in [0.2, 0.25) is 0 Å². The number of carbonyl (C=O) groups excluding carboxylic acids is 1. The summed E-state index contributed by atoms with van der Waals surface area (Å²) in [4.78, 5) is 22.5. The number of aliphatic carboxylic acids is 1. The van der Waals surface area contributed by atoms with E-state index < -0.39 is 18.1 Å². The molecule has 0 aliphatic rings. The van der Waals surface area contributed by atoms with E-state index in [1.54, 1.807) is 0 Å². The molecule has 2 aromatic rings. The summed E-state index contributed by atoms with van der Waals surface area (Å²) in [6.45, 7) is 0.192. The molecular weight excluding hydrogens is 294 g/mol. The fourth-order valence-corrected chi connectivity index (χ4v) is 2.32. The SMILES string of the molecule is N[C@@H](CCNC(=O)[C@@H](N)Cc1ccc2ccccc2c1)C(=O)O. The average molecular weight is 315 g/mol. The fraction of sp³-hybridized carbons (Fsp3) is 0.294. The lowest BCUT2D eigenvalue weighted by atomic mass is 10.0. The van der Waals surface area contributed by atoms with Crippen LogP contribution in [0.5, 0.6) is 0 Å². The molecule has 0 spiro atoms. The molecule has 0 saturated carbocycles. The number of carboxylic acids is 1. The van der Waals surface area contributed by atoms with E-state index in [0.29, 0.717) is 6.42 Å². The highest BCUT2D eigenvalue weighted by atomic mass is 16.4. The summed E-state index contributed by atoms with van der Waals surface area (Å²) in [5.74, 6) is -1.39. The minimum atomic E-state index is -1.08. The number of carboxylic acid groups (broad SMARTS) is 1. The summed E-state index contributed by atoms with van der Waals surface area (Å²) in [5, 5.41) is 13.5. The molecule has 6 heteroatoms. The average Bonchev–Trinajstić information content (AvgIpc) is 2.54. The largest absolute Gasteiger partial charge is 0.480 e. The van der Waals surface area contributed by atoms with Gasteiger partial charge >= 0.3 is 5.97 Å². The highest BCUT2D eigenvalue weighted by Gasteiger charge is 2.16. The molecule has 122 valence electrons. The second-order valence-electron chi connectivity index (χ2n) is 5.52. The maximum Gasteiger partial charge on any atom is 0.320 e. The first-order valence-corrected chi connectivity index (χ1v) is 7.46. The molecule has 6 nitrogen and oxygen atoms in total. The molecular formula is C17H21N3O3. The van der Waals surface area contributed by atoms with Crippen molar-refractivity contribution in [3.63, 3.8) is 0 Å². The van der Waals surface area contributed by atoms with Gasteiger partial charge in [-0.3, -0.25) is 9.59 Å². The van der Waals surface area contributed by atoms with Crippen molar-refractivity contribution in [1.29, 1.82) is 0 Å². The molecule has 6 N–H and O–H groups in total. The summed E-state index contributed by atoms with van der Waals surface area (Å²) >= 11 is 0. The summed E-state index contributed by atoms with van der Waals surface area (Å²) in [5.41, 5.74) is 12.3. The van der Waals surface area contributed by atoms with E-state index in [2.05, 4.69) is 5.32 Å².